The number of benzene rings is 2. The Morgan fingerprint density at radius 1 is 1.00 bits per heavy atom. The smallest absolute Gasteiger partial charge is 0.229 e. The molecule has 0 radical (unpaired) electrons. The molecule has 2 amide bonds. The molecule has 0 spiro atoms. The lowest BCUT2D eigenvalue weighted by Crippen LogP contribution is -2.28. The number of nitrogens with zero attached hydrogens (tertiary/aromatic N) is 5. The van der Waals surface area contributed by atoms with Crippen LogP contribution in [0.1, 0.15) is 17.8 Å². The number of amides is 2. The Bertz CT molecular complexity index is 1430. The zero-order valence-electron chi connectivity index (χ0n) is 20.7. The van der Waals surface area contributed by atoms with Gasteiger partial charge in [-0.05, 0) is 62.4 Å². The topological polar surface area (TPSA) is 111 Å². The molecular weight excluding hydrogens is 472 g/mol. The Labute approximate surface area is 213 Å². The summed E-state index contributed by atoms with van der Waals surface area (Å²) < 4.78 is 12.9. The van der Waals surface area contributed by atoms with E-state index >= 15 is 0 Å². The van der Waals surface area contributed by atoms with Gasteiger partial charge in [-0.25, -0.2) is 15.0 Å². The first-order valence-electron chi connectivity index (χ1n) is 11.8. The fraction of sp³-hybridized carbons (Fsp3) is 0.222. The number of hydrogen-bond donors (Lipinski definition) is 1. The Morgan fingerprint density at radius 3 is 2.41 bits per heavy atom. The molecule has 2 aromatic carbocycles. The lowest BCUT2D eigenvalue weighted by molar-refractivity contribution is -0.122. The van der Waals surface area contributed by atoms with Crippen LogP contribution in [-0.4, -0.2) is 45.0 Å². The van der Waals surface area contributed by atoms with Crippen molar-refractivity contribution in [3.8, 4) is 23.2 Å². The highest BCUT2D eigenvalue weighted by Crippen LogP contribution is 2.28. The van der Waals surface area contributed by atoms with E-state index in [1.165, 1.54) is 6.33 Å². The second kappa shape index (κ2) is 10.1. The van der Waals surface area contributed by atoms with Crippen molar-refractivity contribution >= 4 is 23.2 Å². The van der Waals surface area contributed by atoms with E-state index in [4.69, 9.17) is 9.47 Å². The summed E-state index contributed by atoms with van der Waals surface area (Å²) in [6.45, 7) is 4.23. The zero-order valence-corrected chi connectivity index (χ0v) is 20.7. The number of hydrogen-bond acceptors (Lipinski definition) is 7. The molecule has 3 heterocycles. The molecule has 0 saturated carbocycles. The summed E-state index contributed by atoms with van der Waals surface area (Å²) in [7, 11) is 1.59. The van der Waals surface area contributed by atoms with Crippen molar-refractivity contribution in [2.75, 3.05) is 23.9 Å². The van der Waals surface area contributed by atoms with Crippen LogP contribution in [0.4, 0.5) is 11.4 Å². The standard InChI is InChI=1S/C27H26N6O4/c1-17-18(2)33(16-30-17)24-13-25(29-15-28-24)37-23-8-4-20(5-9-23)31-27(35)19-12-26(34)32(14-19)21-6-10-22(36-3)11-7-21/h4-11,13,15-16,19H,12,14H2,1-3H3,(H,31,35). The van der Waals surface area contributed by atoms with Crippen molar-refractivity contribution < 1.29 is 19.1 Å². The van der Waals surface area contributed by atoms with Gasteiger partial charge in [0, 0.05) is 36.1 Å². The largest absolute Gasteiger partial charge is 0.497 e. The Hall–Kier alpha value is -4.73. The van der Waals surface area contributed by atoms with Gasteiger partial charge in [-0.3, -0.25) is 14.2 Å². The van der Waals surface area contributed by atoms with E-state index in [-0.39, 0.29) is 18.2 Å². The van der Waals surface area contributed by atoms with Crippen LogP contribution in [0.15, 0.2) is 67.3 Å². The molecule has 1 fully saturated rings. The lowest BCUT2D eigenvalue weighted by atomic mass is 10.1. The maximum atomic E-state index is 12.8. The summed E-state index contributed by atoms with van der Waals surface area (Å²) in [6, 6.07) is 15.9. The number of aromatic nitrogens is 4. The quantitative estimate of drug-likeness (QED) is 0.409. The molecule has 37 heavy (non-hydrogen) atoms. The van der Waals surface area contributed by atoms with Crippen molar-refractivity contribution in [3.63, 3.8) is 0 Å². The molecular formula is C27H26N6O4. The monoisotopic (exact) mass is 498 g/mol. The van der Waals surface area contributed by atoms with Gasteiger partial charge in [0.05, 0.1) is 18.7 Å². The molecule has 1 aliphatic rings. The van der Waals surface area contributed by atoms with Crippen LogP contribution >= 0.6 is 0 Å². The van der Waals surface area contributed by atoms with Gasteiger partial charge in [-0.1, -0.05) is 0 Å². The normalized spacial score (nSPS) is 15.1. The van der Waals surface area contributed by atoms with Gasteiger partial charge in [0.25, 0.3) is 0 Å². The minimum atomic E-state index is -0.444. The van der Waals surface area contributed by atoms with Crippen LogP contribution in [0, 0.1) is 19.8 Å². The van der Waals surface area contributed by atoms with Gasteiger partial charge < -0.3 is 19.7 Å². The predicted molar refractivity (Wildman–Crippen MR) is 137 cm³/mol. The van der Waals surface area contributed by atoms with Crippen molar-refractivity contribution in [2.45, 2.75) is 20.3 Å². The van der Waals surface area contributed by atoms with E-state index < -0.39 is 5.92 Å². The van der Waals surface area contributed by atoms with Crippen molar-refractivity contribution in [3.05, 3.63) is 78.6 Å². The van der Waals surface area contributed by atoms with Crippen LogP contribution in [0.2, 0.25) is 0 Å². The first-order valence-corrected chi connectivity index (χ1v) is 11.8. The third kappa shape index (κ3) is 5.13. The third-order valence-corrected chi connectivity index (χ3v) is 6.35. The number of anilines is 2. The van der Waals surface area contributed by atoms with Gasteiger partial charge >= 0.3 is 0 Å². The molecule has 0 bridgehead atoms. The number of carbonyl (C=O) groups excluding carboxylic acids is 2. The third-order valence-electron chi connectivity index (χ3n) is 6.35. The maximum absolute atomic E-state index is 12.8. The van der Waals surface area contributed by atoms with E-state index in [1.807, 2.05) is 30.5 Å². The van der Waals surface area contributed by atoms with Gasteiger partial charge in [0.1, 0.15) is 30.0 Å². The number of carbonyl (C=O) groups is 2. The summed E-state index contributed by atoms with van der Waals surface area (Å²) in [6.07, 6.45) is 3.31. The predicted octanol–water partition coefficient (Wildman–Crippen LogP) is 4.07. The highest BCUT2D eigenvalue weighted by Gasteiger charge is 2.35. The molecule has 1 aliphatic heterocycles. The molecule has 4 aromatic rings. The molecule has 1 atom stereocenters. The van der Waals surface area contributed by atoms with Crippen molar-refractivity contribution in [1.82, 2.24) is 19.5 Å². The number of nitrogens with one attached hydrogen (secondary N) is 1. The number of methoxy groups -OCH3 is 1. The summed E-state index contributed by atoms with van der Waals surface area (Å²) in [4.78, 5) is 39.8. The molecule has 2 aromatic heterocycles. The van der Waals surface area contributed by atoms with Crippen LogP contribution < -0.4 is 19.7 Å². The van der Waals surface area contributed by atoms with Crippen molar-refractivity contribution in [1.29, 1.82) is 0 Å². The van der Waals surface area contributed by atoms with E-state index in [2.05, 4.69) is 20.3 Å². The van der Waals surface area contributed by atoms with Gasteiger partial charge in [-0.2, -0.15) is 0 Å². The fourth-order valence-electron chi connectivity index (χ4n) is 4.11. The summed E-state index contributed by atoms with van der Waals surface area (Å²) in [5.74, 6) is 1.57. The molecule has 188 valence electrons. The summed E-state index contributed by atoms with van der Waals surface area (Å²) in [5, 5.41) is 2.90. The first kappa shape index (κ1) is 24.0. The van der Waals surface area contributed by atoms with Crippen LogP contribution in [-0.2, 0) is 9.59 Å². The first-order chi connectivity index (χ1) is 17.9. The van der Waals surface area contributed by atoms with Gasteiger partial charge in [0.15, 0.2) is 0 Å². The number of aryl methyl sites for hydroxylation is 1. The summed E-state index contributed by atoms with van der Waals surface area (Å²) >= 11 is 0. The number of ether oxygens (including phenoxy) is 2. The zero-order chi connectivity index (χ0) is 25.9. The van der Waals surface area contributed by atoms with Crippen LogP contribution in [0.25, 0.3) is 5.82 Å². The van der Waals surface area contributed by atoms with Crippen LogP contribution in [0.3, 0.4) is 0 Å². The second-order valence-electron chi connectivity index (χ2n) is 8.72. The average Bonchev–Trinajstić information content (AvgIpc) is 3.47. The Balaban J connectivity index is 1.20. The van der Waals surface area contributed by atoms with Gasteiger partial charge in [-0.15, -0.1) is 0 Å². The van der Waals surface area contributed by atoms with E-state index in [1.54, 1.807) is 60.8 Å². The fourth-order valence-corrected chi connectivity index (χ4v) is 4.11. The Kier molecular flexibility index (Phi) is 6.55. The number of imidazole rings is 1. The highest BCUT2D eigenvalue weighted by molar-refractivity contribution is 6.03. The molecule has 1 N–H and O–H groups in total. The minimum Gasteiger partial charge on any atom is -0.497 e. The second-order valence-corrected chi connectivity index (χ2v) is 8.72. The van der Waals surface area contributed by atoms with E-state index in [0.717, 1.165) is 17.1 Å². The van der Waals surface area contributed by atoms with Crippen LogP contribution in [0.5, 0.6) is 17.4 Å². The minimum absolute atomic E-state index is 0.0840. The Morgan fingerprint density at radius 2 is 1.73 bits per heavy atom. The maximum Gasteiger partial charge on any atom is 0.229 e. The molecule has 10 heteroatoms. The lowest BCUT2D eigenvalue weighted by Gasteiger charge is -2.17. The average molecular weight is 499 g/mol. The SMILES string of the molecule is COc1ccc(N2CC(C(=O)Nc3ccc(Oc4cc(-n5cnc(C)c5C)ncn4)cc3)CC2=O)cc1. The molecule has 1 saturated heterocycles. The van der Waals surface area contributed by atoms with E-state index in [9.17, 15) is 9.59 Å². The van der Waals surface area contributed by atoms with E-state index in [0.29, 0.717) is 35.4 Å². The highest BCUT2D eigenvalue weighted by atomic mass is 16.5. The molecule has 0 aliphatic carbocycles. The molecule has 10 nitrogen and oxygen atoms in total. The molecule has 1 unspecified atom stereocenters. The number of rotatable bonds is 7. The summed E-state index contributed by atoms with van der Waals surface area (Å²) in [5.41, 5.74) is 3.27. The van der Waals surface area contributed by atoms with Crippen molar-refractivity contribution in [2.24, 2.45) is 5.92 Å². The molecule has 5 rings (SSSR count). The van der Waals surface area contributed by atoms with Gasteiger partial charge in [0.2, 0.25) is 17.7 Å².